The summed E-state index contributed by atoms with van der Waals surface area (Å²) < 4.78 is 0. The Morgan fingerprint density at radius 2 is 1.88 bits per heavy atom. The summed E-state index contributed by atoms with van der Waals surface area (Å²) in [7, 11) is 0. The molecule has 0 aliphatic heterocycles. The Labute approximate surface area is 109 Å². The van der Waals surface area contributed by atoms with Gasteiger partial charge in [0.2, 0.25) is 0 Å². The smallest absolute Gasteiger partial charge is 0.0483 e. The van der Waals surface area contributed by atoms with Crippen LogP contribution in [0.3, 0.4) is 0 Å². The van der Waals surface area contributed by atoms with E-state index in [1.807, 2.05) is 13.0 Å². The number of hydrogen-bond acceptors (Lipinski definition) is 1. The quantitative estimate of drug-likeness (QED) is 0.824. The van der Waals surface area contributed by atoms with Gasteiger partial charge >= 0.3 is 0 Å². The molecule has 1 fully saturated rings. The van der Waals surface area contributed by atoms with E-state index >= 15 is 0 Å². The standard InChI is InChI=1S/C15H22ClN/c1-10-6-8-12(9-7-10)15(17)13-5-3-4-11(2)14(13)16/h3-5,10,12,15H,6-9,17H2,1-2H3. The van der Waals surface area contributed by atoms with Gasteiger partial charge in [0.15, 0.2) is 0 Å². The molecule has 1 unspecified atom stereocenters. The number of halogens is 1. The maximum Gasteiger partial charge on any atom is 0.0483 e. The minimum Gasteiger partial charge on any atom is -0.324 e. The van der Waals surface area contributed by atoms with Crippen molar-refractivity contribution < 1.29 is 0 Å². The third-order valence-electron chi connectivity index (χ3n) is 4.15. The summed E-state index contributed by atoms with van der Waals surface area (Å²) in [4.78, 5) is 0. The number of hydrogen-bond donors (Lipinski definition) is 1. The number of rotatable bonds is 2. The van der Waals surface area contributed by atoms with E-state index in [9.17, 15) is 0 Å². The first-order valence-corrected chi connectivity index (χ1v) is 6.98. The van der Waals surface area contributed by atoms with Gasteiger partial charge in [0.05, 0.1) is 0 Å². The van der Waals surface area contributed by atoms with Crippen LogP contribution in [0.15, 0.2) is 18.2 Å². The van der Waals surface area contributed by atoms with Gasteiger partial charge in [0.1, 0.15) is 0 Å². The summed E-state index contributed by atoms with van der Waals surface area (Å²) in [5, 5.41) is 0.860. The average Bonchev–Trinajstić information content (AvgIpc) is 2.33. The fourth-order valence-corrected chi connectivity index (χ4v) is 3.08. The van der Waals surface area contributed by atoms with Crippen molar-refractivity contribution >= 4 is 11.6 Å². The second-order valence-electron chi connectivity index (χ2n) is 5.52. The van der Waals surface area contributed by atoms with Gasteiger partial charge in [-0.05, 0) is 42.7 Å². The molecule has 0 saturated heterocycles. The minimum absolute atomic E-state index is 0.106. The first kappa shape index (κ1) is 12.9. The molecule has 0 radical (unpaired) electrons. The molecule has 0 amide bonds. The molecule has 2 N–H and O–H groups in total. The molecule has 0 heterocycles. The van der Waals surface area contributed by atoms with E-state index in [1.165, 1.54) is 25.7 Å². The molecule has 1 aromatic carbocycles. The summed E-state index contributed by atoms with van der Waals surface area (Å²) >= 11 is 6.36. The molecule has 1 aliphatic rings. The summed E-state index contributed by atoms with van der Waals surface area (Å²) in [5.74, 6) is 1.47. The fraction of sp³-hybridized carbons (Fsp3) is 0.600. The lowest BCUT2D eigenvalue weighted by Gasteiger charge is -2.31. The summed E-state index contributed by atoms with van der Waals surface area (Å²) in [6.07, 6.45) is 5.10. The third kappa shape index (κ3) is 2.83. The topological polar surface area (TPSA) is 26.0 Å². The van der Waals surface area contributed by atoms with Gasteiger partial charge in [-0.15, -0.1) is 0 Å². The molecule has 1 aliphatic carbocycles. The van der Waals surface area contributed by atoms with Crippen molar-refractivity contribution in [3.63, 3.8) is 0 Å². The zero-order valence-corrected chi connectivity index (χ0v) is 11.5. The lowest BCUT2D eigenvalue weighted by Crippen LogP contribution is -2.25. The number of benzene rings is 1. The van der Waals surface area contributed by atoms with Crippen LogP contribution in [0, 0.1) is 18.8 Å². The van der Waals surface area contributed by atoms with Gasteiger partial charge in [-0.3, -0.25) is 0 Å². The van der Waals surface area contributed by atoms with E-state index in [1.54, 1.807) is 0 Å². The molecule has 17 heavy (non-hydrogen) atoms. The zero-order chi connectivity index (χ0) is 12.4. The molecule has 1 atom stereocenters. The molecule has 0 spiro atoms. The van der Waals surface area contributed by atoms with Crippen LogP contribution in [-0.2, 0) is 0 Å². The molecular weight excluding hydrogens is 230 g/mol. The molecule has 0 bridgehead atoms. The van der Waals surface area contributed by atoms with Gasteiger partial charge in [0, 0.05) is 11.1 Å². The van der Waals surface area contributed by atoms with Crippen LogP contribution < -0.4 is 5.73 Å². The van der Waals surface area contributed by atoms with E-state index in [4.69, 9.17) is 17.3 Å². The van der Waals surface area contributed by atoms with E-state index in [-0.39, 0.29) is 6.04 Å². The van der Waals surface area contributed by atoms with Crippen LogP contribution >= 0.6 is 11.6 Å². The normalized spacial score (nSPS) is 26.8. The van der Waals surface area contributed by atoms with Crippen LogP contribution in [0.1, 0.15) is 49.8 Å². The lowest BCUT2D eigenvalue weighted by atomic mass is 9.77. The van der Waals surface area contributed by atoms with Gasteiger partial charge in [0.25, 0.3) is 0 Å². The SMILES string of the molecule is Cc1cccc(C(N)C2CCC(C)CC2)c1Cl. The van der Waals surface area contributed by atoms with Gasteiger partial charge in [-0.2, -0.15) is 0 Å². The van der Waals surface area contributed by atoms with Crippen molar-refractivity contribution in [2.75, 3.05) is 0 Å². The highest BCUT2D eigenvalue weighted by Gasteiger charge is 2.26. The highest BCUT2D eigenvalue weighted by Crippen LogP contribution is 2.38. The largest absolute Gasteiger partial charge is 0.324 e. The molecule has 94 valence electrons. The van der Waals surface area contributed by atoms with E-state index in [0.29, 0.717) is 5.92 Å². The first-order chi connectivity index (χ1) is 8.09. The summed E-state index contributed by atoms with van der Waals surface area (Å²) in [6.45, 7) is 4.38. The van der Waals surface area contributed by atoms with Gasteiger partial charge < -0.3 is 5.73 Å². The van der Waals surface area contributed by atoms with Crippen molar-refractivity contribution in [3.05, 3.63) is 34.3 Å². The van der Waals surface area contributed by atoms with Crippen molar-refractivity contribution in [3.8, 4) is 0 Å². The van der Waals surface area contributed by atoms with Crippen molar-refractivity contribution in [2.45, 2.75) is 45.6 Å². The Bertz CT molecular complexity index is 381. The molecule has 2 rings (SSSR count). The summed E-state index contributed by atoms with van der Waals surface area (Å²) in [6, 6.07) is 6.29. The lowest BCUT2D eigenvalue weighted by molar-refractivity contribution is 0.256. The number of aryl methyl sites for hydroxylation is 1. The Hall–Kier alpha value is -0.530. The highest BCUT2D eigenvalue weighted by molar-refractivity contribution is 6.32. The molecular formula is C15H22ClN. The monoisotopic (exact) mass is 251 g/mol. The Balaban J connectivity index is 2.14. The minimum atomic E-state index is 0.106. The number of nitrogens with two attached hydrogens (primary N) is 1. The Morgan fingerprint density at radius 1 is 1.24 bits per heavy atom. The second-order valence-corrected chi connectivity index (χ2v) is 5.90. The maximum absolute atomic E-state index is 6.40. The Morgan fingerprint density at radius 3 is 2.53 bits per heavy atom. The molecule has 1 aromatic rings. The zero-order valence-electron chi connectivity index (χ0n) is 10.7. The van der Waals surface area contributed by atoms with Gasteiger partial charge in [-0.1, -0.05) is 49.6 Å². The third-order valence-corrected chi connectivity index (χ3v) is 4.67. The van der Waals surface area contributed by atoms with Crippen molar-refractivity contribution in [2.24, 2.45) is 17.6 Å². The molecule has 1 saturated carbocycles. The fourth-order valence-electron chi connectivity index (χ4n) is 2.83. The second kappa shape index (κ2) is 5.41. The van der Waals surface area contributed by atoms with Crippen LogP contribution in [-0.4, -0.2) is 0 Å². The van der Waals surface area contributed by atoms with E-state index in [0.717, 1.165) is 22.1 Å². The van der Waals surface area contributed by atoms with Crippen LogP contribution in [0.4, 0.5) is 0 Å². The Kier molecular flexibility index (Phi) is 4.11. The van der Waals surface area contributed by atoms with Crippen LogP contribution in [0.25, 0.3) is 0 Å². The molecule has 1 nitrogen and oxygen atoms in total. The summed E-state index contributed by atoms with van der Waals surface area (Å²) in [5.41, 5.74) is 8.66. The predicted octanol–water partition coefficient (Wildman–Crippen LogP) is 4.47. The molecule has 2 heteroatoms. The van der Waals surface area contributed by atoms with Crippen LogP contribution in [0.2, 0.25) is 5.02 Å². The maximum atomic E-state index is 6.40. The predicted molar refractivity (Wildman–Crippen MR) is 74.2 cm³/mol. The highest BCUT2D eigenvalue weighted by atomic mass is 35.5. The van der Waals surface area contributed by atoms with Crippen LogP contribution in [0.5, 0.6) is 0 Å². The average molecular weight is 252 g/mol. The molecule has 0 aromatic heterocycles. The van der Waals surface area contributed by atoms with Gasteiger partial charge in [-0.25, -0.2) is 0 Å². The van der Waals surface area contributed by atoms with Crippen molar-refractivity contribution in [1.82, 2.24) is 0 Å². The van der Waals surface area contributed by atoms with E-state index < -0.39 is 0 Å². The van der Waals surface area contributed by atoms with Crippen molar-refractivity contribution in [1.29, 1.82) is 0 Å². The van der Waals surface area contributed by atoms with E-state index in [2.05, 4.69) is 19.1 Å². The first-order valence-electron chi connectivity index (χ1n) is 6.60.